The molecule has 0 saturated carbocycles. The fraction of sp³-hybridized carbons (Fsp3) is 0.375. The van der Waals surface area contributed by atoms with Gasteiger partial charge >= 0.3 is 5.97 Å². The summed E-state index contributed by atoms with van der Waals surface area (Å²) in [6.45, 7) is 6.32. The van der Waals surface area contributed by atoms with E-state index in [9.17, 15) is 9.59 Å². The van der Waals surface area contributed by atoms with E-state index in [2.05, 4.69) is 6.58 Å². The van der Waals surface area contributed by atoms with E-state index in [-0.39, 0.29) is 17.8 Å². The van der Waals surface area contributed by atoms with Crippen molar-refractivity contribution < 1.29 is 14.3 Å². The van der Waals surface area contributed by atoms with E-state index in [0.29, 0.717) is 24.4 Å². The Labute approximate surface area is 119 Å². The highest BCUT2D eigenvalue weighted by Gasteiger charge is 2.30. The van der Waals surface area contributed by atoms with Crippen molar-refractivity contribution in [2.45, 2.75) is 19.8 Å². The Kier molecular flexibility index (Phi) is 4.56. The van der Waals surface area contributed by atoms with Gasteiger partial charge in [0.1, 0.15) is 0 Å². The Morgan fingerprint density at radius 1 is 1.30 bits per heavy atom. The lowest BCUT2D eigenvalue weighted by atomic mass is 9.97. The molecule has 1 unspecified atom stereocenters. The minimum absolute atomic E-state index is 0.0292. The minimum atomic E-state index is -0.289. The van der Waals surface area contributed by atoms with Gasteiger partial charge in [-0.3, -0.25) is 9.59 Å². The Morgan fingerprint density at radius 3 is 2.65 bits per heavy atom. The predicted molar refractivity (Wildman–Crippen MR) is 76.0 cm³/mol. The minimum Gasteiger partial charge on any atom is -0.432 e. The summed E-state index contributed by atoms with van der Waals surface area (Å²) in [6, 6.07) is 9.13. The molecule has 20 heavy (non-hydrogen) atoms. The number of carbonyl (C=O) groups excluding carboxylic acids is 2. The largest absolute Gasteiger partial charge is 0.432 e. The quantitative estimate of drug-likeness (QED) is 0.628. The van der Waals surface area contributed by atoms with E-state index in [1.807, 2.05) is 18.2 Å². The van der Waals surface area contributed by atoms with Gasteiger partial charge in [0.15, 0.2) is 0 Å². The summed E-state index contributed by atoms with van der Waals surface area (Å²) in [6.07, 6.45) is 1.57. The molecule has 0 radical (unpaired) electrons. The van der Waals surface area contributed by atoms with Crippen molar-refractivity contribution in [1.82, 2.24) is 4.90 Å². The number of amides is 1. The van der Waals surface area contributed by atoms with Crippen molar-refractivity contribution in [2.75, 3.05) is 13.1 Å². The molecule has 1 amide bonds. The van der Waals surface area contributed by atoms with Gasteiger partial charge in [-0.15, -0.1) is 0 Å². The summed E-state index contributed by atoms with van der Waals surface area (Å²) in [5.41, 5.74) is 0.654. The van der Waals surface area contributed by atoms with Gasteiger partial charge in [0.2, 0.25) is 0 Å². The molecule has 0 N–H and O–H groups in total. The van der Waals surface area contributed by atoms with Crippen LogP contribution in [-0.2, 0) is 9.53 Å². The second-order valence-electron chi connectivity index (χ2n) is 5.08. The smallest absolute Gasteiger partial charge is 0.315 e. The molecule has 0 aromatic heterocycles. The number of benzene rings is 1. The SMILES string of the molecule is C=C(C)OC(=O)C1CCCN(C(=O)c2ccccc2)C1. The van der Waals surface area contributed by atoms with Crippen molar-refractivity contribution in [2.24, 2.45) is 5.92 Å². The van der Waals surface area contributed by atoms with Crippen LogP contribution >= 0.6 is 0 Å². The molecule has 1 aliphatic rings. The second-order valence-corrected chi connectivity index (χ2v) is 5.08. The van der Waals surface area contributed by atoms with Gasteiger partial charge in [-0.1, -0.05) is 24.8 Å². The lowest BCUT2D eigenvalue weighted by molar-refractivity contribution is -0.145. The standard InChI is InChI=1S/C16H19NO3/c1-12(2)20-16(19)14-9-6-10-17(11-14)15(18)13-7-4-3-5-8-13/h3-5,7-8,14H,1,6,9-11H2,2H3. The number of hydrogen-bond donors (Lipinski definition) is 0. The zero-order valence-electron chi connectivity index (χ0n) is 11.7. The van der Waals surface area contributed by atoms with Crippen LogP contribution in [-0.4, -0.2) is 29.9 Å². The van der Waals surface area contributed by atoms with Crippen LogP contribution in [0, 0.1) is 5.92 Å². The molecule has 1 aromatic rings. The first kappa shape index (κ1) is 14.3. The normalized spacial score (nSPS) is 18.4. The van der Waals surface area contributed by atoms with Gasteiger partial charge in [0.25, 0.3) is 5.91 Å². The maximum absolute atomic E-state index is 12.3. The molecule has 1 saturated heterocycles. The molecule has 0 aliphatic carbocycles. The van der Waals surface area contributed by atoms with Gasteiger partial charge in [0.05, 0.1) is 11.7 Å². The van der Waals surface area contributed by atoms with Gasteiger partial charge in [0, 0.05) is 18.7 Å². The second kappa shape index (κ2) is 6.37. The van der Waals surface area contributed by atoms with E-state index in [1.54, 1.807) is 24.0 Å². The maximum Gasteiger partial charge on any atom is 0.315 e. The number of allylic oxidation sites excluding steroid dienone is 1. The van der Waals surface area contributed by atoms with Crippen LogP contribution in [0.5, 0.6) is 0 Å². The lowest BCUT2D eigenvalue weighted by Gasteiger charge is -2.31. The molecule has 1 aromatic carbocycles. The zero-order chi connectivity index (χ0) is 14.5. The number of ether oxygens (including phenoxy) is 1. The van der Waals surface area contributed by atoms with Crippen LogP contribution in [0.4, 0.5) is 0 Å². The van der Waals surface area contributed by atoms with E-state index in [0.717, 1.165) is 12.8 Å². The highest BCUT2D eigenvalue weighted by Crippen LogP contribution is 2.20. The van der Waals surface area contributed by atoms with Crippen molar-refractivity contribution in [3.63, 3.8) is 0 Å². The van der Waals surface area contributed by atoms with Crippen molar-refractivity contribution in [1.29, 1.82) is 0 Å². The molecule has 1 heterocycles. The molecule has 2 rings (SSSR count). The average Bonchev–Trinajstić information content (AvgIpc) is 2.47. The summed E-state index contributed by atoms with van der Waals surface area (Å²) in [7, 11) is 0. The molecule has 1 fully saturated rings. The number of carbonyl (C=O) groups is 2. The molecular weight excluding hydrogens is 254 g/mol. The Balaban J connectivity index is 2.02. The van der Waals surface area contributed by atoms with Crippen LogP contribution in [0.25, 0.3) is 0 Å². The molecule has 1 aliphatic heterocycles. The van der Waals surface area contributed by atoms with Crippen molar-refractivity contribution in [3.8, 4) is 0 Å². The third kappa shape index (κ3) is 3.47. The van der Waals surface area contributed by atoms with Gasteiger partial charge in [-0.05, 0) is 31.9 Å². The first-order chi connectivity index (χ1) is 9.58. The number of esters is 1. The molecule has 1 atom stereocenters. The number of likely N-dealkylation sites (tertiary alicyclic amines) is 1. The fourth-order valence-electron chi connectivity index (χ4n) is 2.37. The zero-order valence-corrected chi connectivity index (χ0v) is 11.7. The molecule has 0 bridgehead atoms. The Bertz CT molecular complexity index is 510. The highest BCUT2D eigenvalue weighted by molar-refractivity contribution is 5.94. The van der Waals surface area contributed by atoms with Crippen LogP contribution in [0.15, 0.2) is 42.7 Å². The monoisotopic (exact) mass is 273 g/mol. The third-order valence-corrected chi connectivity index (χ3v) is 3.34. The summed E-state index contributed by atoms with van der Waals surface area (Å²) in [5.74, 6) is -0.184. The molecule has 0 spiro atoms. The lowest BCUT2D eigenvalue weighted by Crippen LogP contribution is -2.42. The fourth-order valence-corrected chi connectivity index (χ4v) is 2.37. The Morgan fingerprint density at radius 2 is 2.00 bits per heavy atom. The van der Waals surface area contributed by atoms with Crippen LogP contribution in [0.2, 0.25) is 0 Å². The predicted octanol–water partition coefficient (Wildman–Crippen LogP) is 2.62. The first-order valence-corrected chi connectivity index (χ1v) is 6.79. The van der Waals surface area contributed by atoms with Crippen LogP contribution in [0.1, 0.15) is 30.1 Å². The summed E-state index contributed by atoms with van der Waals surface area (Å²) in [5, 5.41) is 0. The average molecular weight is 273 g/mol. The summed E-state index contributed by atoms with van der Waals surface area (Å²) in [4.78, 5) is 26.0. The first-order valence-electron chi connectivity index (χ1n) is 6.79. The Hall–Kier alpha value is -2.10. The van der Waals surface area contributed by atoms with Crippen molar-refractivity contribution in [3.05, 3.63) is 48.2 Å². The number of rotatable bonds is 3. The van der Waals surface area contributed by atoms with Gasteiger partial charge in [-0.2, -0.15) is 0 Å². The molecule has 4 heteroatoms. The third-order valence-electron chi connectivity index (χ3n) is 3.34. The van der Waals surface area contributed by atoms with E-state index in [4.69, 9.17) is 4.74 Å². The molecular formula is C16H19NO3. The number of nitrogens with zero attached hydrogens (tertiary/aromatic N) is 1. The highest BCUT2D eigenvalue weighted by atomic mass is 16.5. The van der Waals surface area contributed by atoms with Crippen LogP contribution in [0.3, 0.4) is 0 Å². The van der Waals surface area contributed by atoms with Gasteiger partial charge < -0.3 is 9.64 Å². The van der Waals surface area contributed by atoms with E-state index >= 15 is 0 Å². The topological polar surface area (TPSA) is 46.6 Å². The summed E-state index contributed by atoms with van der Waals surface area (Å²) >= 11 is 0. The maximum atomic E-state index is 12.3. The number of hydrogen-bond acceptors (Lipinski definition) is 3. The van der Waals surface area contributed by atoms with E-state index < -0.39 is 0 Å². The van der Waals surface area contributed by atoms with E-state index in [1.165, 1.54) is 0 Å². The van der Waals surface area contributed by atoms with Crippen LogP contribution < -0.4 is 0 Å². The number of piperidine rings is 1. The van der Waals surface area contributed by atoms with Crippen molar-refractivity contribution >= 4 is 11.9 Å². The summed E-state index contributed by atoms with van der Waals surface area (Å²) < 4.78 is 5.05. The molecule has 4 nitrogen and oxygen atoms in total. The molecule has 106 valence electrons. The van der Waals surface area contributed by atoms with Gasteiger partial charge in [-0.25, -0.2) is 0 Å².